The van der Waals surface area contributed by atoms with Crippen LogP contribution in [0.1, 0.15) is 85.8 Å². The molecule has 7 heteroatoms. The van der Waals surface area contributed by atoms with Gasteiger partial charge < -0.3 is 0 Å². The second-order valence-corrected chi connectivity index (χ2v) is 11.8. The van der Waals surface area contributed by atoms with Crippen LogP contribution in [-0.4, -0.2) is 25.2 Å². The van der Waals surface area contributed by atoms with E-state index < -0.39 is 0 Å². The van der Waals surface area contributed by atoms with E-state index >= 15 is 0 Å². The maximum atomic E-state index is 6.83. The minimum atomic E-state index is 0.0871. The summed E-state index contributed by atoms with van der Waals surface area (Å²) >= 11 is 8.61. The Labute approximate surface area is 240 Å². The summed E-state index contributed by atoms with van der Waals surface area (Å²) in [5.74, 6) is 0.630. The number of para-hydroxylation sites is 1. The summed E-state index contributed by atoms with van der Waals surface area (Å²) < 4.78 is 1.20. The lowest BCUT2D eigenvalue weighted by molar-refractivity contribution is 0.367. The van der Waals surface area contributed by atoms with Crippen molar-refractivity contribution in [2.45, 2.75) is 76.2 Å². The monoisotopic (exact) mass is 557 g/mol. The van der Waals surface area contributed by atoms with Crippen LogP contribution in [0.4, 0.5) is 0 Å². The van der Waals surface area contributed by atoms with Gasteiger partial charge in [0.1, 0.15) is 0 Å². The molecule has 0 fully saturated rings. The van der Waals surface area contributed by atoms with Gasteiger partial charge in [-0.2, -0.15) is 4.80 Å². The normalized spacial score (nSPS) is 13.9. The Hall–Kier alpha value is -3.09. The van der Waals surface area contributed by atoms with E-state index in [1.807, 2.05) is 12.1 Å². The Morgan fingerprint density at radius 1 is 0.846 bits per heavy atom. The summed E-state index contributed by atoms with van der Waals surface area (Å²) in [6.45, 7) is 2.88. The van der Waals surface area contributed by atoms with Crippen LogP contribution in [0.15, 0.2) is 85.2 Å². The van der Waals surface area contributed by atoms with Crippen LogP contribution in [0.3, 0.4) is 0 Å². The topological polar surface area (TPSA) is 56.5 Å². The Bertz CT molecular complexity index is 1390. The highest BCUT2D eigenvalue weighted by atomic mass is 35.5. The van der Waals surface area contributed by atoms with Gasteiger partial charge in [-0.25, -0.2) is 4.98 Å². The molecular weight excluding hydrogens is 522 g/mol. The first-order valence-corrected chi connectivity index (χ1v) is 15.3. The van der Waals surface area contributed by atoms with E-state index in [2.05, 4.69) is 89.1 Å². The van der Waals surface area contributed by atoms with Crippen molar-refractivity contribution in [2.75, 3.05) is 0 Å². The second kappa shape index (κ2) is 13.8. The largest absolute Gasteiger partial charge is 0.241 e. The third kappa shape index (κ3) is 7.11. The van der Waals surface area contributed by atoms with Crippen LogP contribution in [0.2, 0.25) is 5.02 Å². The molecule has 0 saturated carbocycles. The fourth-order valence-corrected chi connectivity index (χ4v) is 7.03. The Morgan fingerprint density at radius 2 is 1.62 bits per heavy atom. The molecule has 2 heterocycles. The van der Waals surface area contributed by atoms with Gasteiger partial charge in [-0.15, -0.1) is 21.5 Å². The van der Waals surface area contributed by atoms with Crippen molar-refractivity contribution in [1.29, 1.82) is 0 Å². The zero-order valence-corrected chi connectivity index (χ0v) is 24.1. The molecule has 5 nitrogen and oxygen atoms in total. The van der Waals surface area contributed by atoms with Crippen molar-refractivity contribution < 1.29 is 0 Å². The summed E-state index contributed by atoms with van der Waals surface area (Å²) in [7, 11) is 0. The van der Waals surface area contributed by atoms with E-state index in [0.29, 0.717) is 12.5 Å². The first kappa shape index (κ1) is 27.5. The number of aromatic nitrogens is 5. The van der Waals surface area contributed by atoms with Gasteiger partial charge >= 0.3 is 0 Å². The molecule has 3 aromatic carbocycles. The Morgan fingerprint density at radius 3 is 2.38 bits per heavy atom. The van der Waals surface area contributed by atoms with Gasteiger partial charge in [0.05, 0.1) is 21.8 Å². The number of hydrogen-bond acceptors (Lipinski definition) is 5. The molecule has 0 aliphatic carbocycles. The highest BCUT2D eigenvalue weighted by Gasteiger charge is 2.32. The summed E-state index contributed by atoms with van der Waals surface area (Å²) in [4.78, 5) is 6.85. The molecule has 5 rings (SSSR count). The number of hydrogen-bond donors (Lipinski definition) is 0. The molecule has 0 bridgehead atoms. The van der Waals surface area contributed by atoms with Gasteiger partial charge in [-0.05, 0) is 59.2 Å². The molecule has 0 aliphatic rings. The van der Waals surface area contributed by atoms with Crippen molar-refractivity contribution >= 4 is 33.2 Å². The number of tetrazole rings is 1. The lowest BCUT2D eigenvalue weighted by Crippen LogP contribution is -2.21. The zero-order valence-electron chi connectivity index (χ0n) is 22.5. The number of rotatable bonds is 14. The third-order valence-electron chi connectivity index (χ3n) is 7.63. The van der Waals surface area contributed by atoms with E-state index in [1.165, 1.54) is 54.3 Å². The van der Waals surface area contributed by atoms with Gasteiger partial charge in [0.15, 0.2) is 6.33 Å². The molecule has 39 heavy (non-hydrogen) atoms. The minimum Gasteiger partial charge on any atom is -0.241 e. The smallest absolute Gasteiger partial charge is 0.162 e. The van der Waals surface area contributed by atoms with Crippen LogP contribution in [0.25, 0.3) is 10.2 Å². The molecule has 3 atom stereocenters. The van der Waals surface area contributed by atoms with Crippen molar-refractivity contribution in [3.63, 3.8) is 0 Å². The summed E-state index contributed by atoms with van der Waals surface area (Å²) in [6.07, 6.45) is 9.90. The SMILES string of the molecule is CCCCCCCC(CC(c1ccccc1)C(Cn1ncnn1)c1nc2ccccc2s1)c1ccccc1Cl. The molecule has 202 valence electrons. The standard InChI is InChI=1S/C32H36ClN5S/c1-2-3-4-5-7-16-25(26-17-10-11-18-29(26)33)21-27(24-14-8-6-9-15-24)28(22-38-35-23-34-37-38)32-36-30-19-12-13-20-31(30)39-32/h6,8-15,17-20,23,25,27-28H,2-5,7,16,21-22H2,1H3. The zero-order chi connectivity index (χ0) is 26.9. The minimum absolute atomic E-state index is 0.0871. The van der Waals surface area contributed by atoms with Gasteiger partial charge in [0.2, 0.25) is 0 Å². The van der Waals surface area contributed by atoms with E-state index in [4.69, 9.17) is 16.6 Å². The quantitative estimate of drug-likeness (QED) is 0.128. The molecule has 0 N–H and O–H groups in total. The fourth-order valence-electron chi connectivity index (χ4n) is 5.61. The van der Waals surface area contributed by atoms with Gasteiger partial charge in [0, 0.05) is 10.9 Å². The van der Waals surface area contributed by atoms with Crippen molar-refractivity contribution in [1.82, 2.24) is 25.2 Å². The number of unbranched alkanes of at least 4 members (excludes halogenated alkanes) is 4. The lowest BCUT2D eigenvalue weighted by Gasteiger charge is -2.30. The van der Waals surface area contributed by atoms with Crippen LogP contribution < -0.4 is 0 Å². The molecule has 2 aromatic heterocycles. The summed E-state index contributed by atoms with van der Waals surface area (Å²) in [5, 5.41) is 14.6. The van der Waals surface area contributed by atoms with Crippen molar-refractivity contribution in [3.8, 4) is 0 Å². The molecule has 3 unspecified atom stereocenters. The molecule has 0 saturated heterocycles. The highest BCUT2D eigenvalue weighted by molar-refractivity contribution is 7.18. The highest BCUT2D eigenvalue weighted by Crippen LogP contribution is 2.45. The fraction of sp³-hybridized carbons (Fsp3) is 0.375. The van der Waals surface area contributed by atoms with Crippen LogP contribution >= 0.6 is 22.9 Å². The van der Waals surface area contributed by atoms with Crippen molar-refractivity contribution in [3.05, 3.63) is 106 Å². The number of thiazole rings is 1. The lowest BCUT2D eigenvalue weighted by atomic mass is 9.76. The molecule has 0 spiro atoms. The van der Waals surface area contributed by atoms with Gasteiger partial charge in [-0.3, -0.25) is 0 Å². The van der Waals surface area contributed by atoms with E-state index in [-0.39, 0.29) is 11.8 Å². The summed E-state index contributed by atoms with van der Waals surface area (Å²) in [5.41, 5.74) is 3.60. The van der Waals surface area contributed by atoms with Crippen LogP contribution in [-0.2, 0) is 6.54 Å². The predicted octanol–water partition coefficient (Wildman–Crippen LogP) is 9.04. The molecule has 0 radical (unpaired) electrons. The van der Waals surface area contributed by atoms with E-state index in [1.54, 1.807) is 16.1 Å². The van der Waals surface area contributed by atoms with Crippen LogP contribution in [0.5, 0.6) is 0 Å². The van der Waals surface area contributed by atoms with E-state index in [0.717, 1.165) is 28.4 Å². The molecular formula is C32H36ClN5S. The van der Waals surface area contributed by atoms with E-state index in [9.17, 15) is 0 Å². The van der Waals surface area contributed by atoms with Gasteiger partial charge in [0.25, 0.3) is 0 Å². The van der Waals surface area contributed by atoms with Gasteiger partial charge in [-0.1, -0.05) is 111 Å². The Balaban J connectivity index is 1.54. The first-order chi connectivity index (χ1) is 19.2. The average molecular weight is 558 g/mol. The number of benzene rings is 3. The third-order valence-corrected chi connectivity index (χ3v) is 9.14. The maximum Gasteiger partial charge on any atom is 0.162 e. The Kier molecular flexibility index (Phi) is 9.73. The predicted molar refractivity (Wildman–Crippen MR) is 162 cm³/mol. The summed E-state index contributed by atoms with van der Waals surface area (Å²) in [6, 6.07) is 27.7. The van der Waals surface area contributed by atoms with Crippen molar-refractivity contribution in [2.24, 2.45) is 0 Å². The molecule has 0 amide bonds. The second-order valence-electron chi connectivity index (χ2n) is 10.3. The molecule has 5 aromatic rings. The first-order valence-electron chi connectivity index (χ1n) is 14.1. The number of fused-ring (bicyclic) bond motifs is 1. The number of nitrogens with zero attached hydrogens (tertiary/aromatic N) is 5. The van der Waals surface area contributed by atoms with Crippen LogP contribution in [0, 0.1) is 0 Å². The maximum absolute atomic E-state index is 6.83. The average Bonchev–Trinajstić information content (AvgIpc) is 3.64. The molecule has 0 aliphatic heterocycles. The number of halogens is 1.